The average Bonchev–Trinajstić information content (AvgIpc) is 2.59. The van der Waals surface area contributed by atoms with Gasteiger partial charge in [0.2, 0.25) is 0 Å². The highest BCUT2D eigenvalue weighted by Gasteiger charge is 2.05. The second-order valence-electron chi connectivity index (χ2n) is 3.20. The van der Waals surface area contributed by atoms with Gasteiger partial charge >= 0.3 is 0 Å². The van der Waals surface area contributed by atoms with Gasteiger partial charge in [0.1, 0.15) is 5.82 Å². The number of aromatic nitrogens is 4. The fourth-order valence-corrected chi connectivity index (χ4v) is 2.01. The quantitative estimate of drug-likeness (QED) is 0.740. The Kier molecular flexibility index (Phi) is 3.01. The van der Waals surface area contributed by atoms with E-state index in [2.05, 4.69) is 15.2 Å². The van der Waals surface area contributed by atoms with Gasteiger partial charge in [-0.25, -0.2) is 0 Å². The summed E-state index contributed by atoms with van der Waals surface area (Å²) in [5, 5.41) is 9.01. The molecule has 2 aromatic rings. The van der Waals surface area contributed by atoms with Crippen molar-refractivity contribution < 1.29 is 0 Å². The van der Waals surface area contributed by atoms with Crippen molar-refractivity contribution in [3.8, 4) is 0 Å². The monoisotopic (exact) mass is 220 g/mol. The van der Waals surface area contributed by atoms with Gasteiger partial charge < -0.3 is 4.57 Å². The lowest BCUT2D eigenvalue weighted by atomic mass is 10.4. The van der Waals surface area contributed by atoms with Crippen LogP contribution >= 0.6 is 11.8 Å². The van der Waals surface area contributed by atoms with E-state index < -0.39 is 0 Å². The average molecular weight is 220 g/mol. The predicted molar refractivity (Wildman–Crippen MR) is 59.5 cm³/mol. The Bertz CT molecular complexity index is 438. The molecule has 0 N–H and O–H groups in total. The van der Waals surface area contributed by atoms with Crippen molar-refractivity contribution in [2.75, 3.05) is 0 Å². The molecule has 4 nitrogen and oxygen atoms in total. The van der Waals surface area contributed by atoms with E-state index in [0.717, 1.165) is 22.4 Å². The molecule has 2 rings (SSSR count). The summed E-state index contributed by atoms with van der Waals surface area (Å²) in [6.45, 7) is 1.94. The molecule has 0 spiro atoms. The summed E-state index contributed by atoms with van der Waals surface area (Å²) < 4.78 is 1.98. The summed E-state index contributed by atoms with van der Waals surface area (Å²) in [5.41, 5.74) is 1.06. The third-order valence-corrected chi connectivity index (χ3v) is 3.18. The molecule has 0 radical (unpaired) electrons. The summed E-state index contributed by atoms with van der Waals surface area (Å²) in [7, 11) is 1.97. The maximum absolute atomic E-state index is 4.25. The minimum absolute atomic E-state index is 0.826. The van der Waals surface area contributed by atoms with Crippen molar-refractivity contribution in [2.24, 2.45) is 7.05 Å². The van der Waals surface area contributed by atoms with Gasteiger partial charge in [-0.3, -0.25) is 4.98 Å². The zero-order valence-corrected chi connectivity index (χ0v) is 9.53. The minimum atomic E-state index is 0.826. The topological polar surface area (TPSA) is 43.6 Å². The van der Waals surface area contributed by atoms with Crippen LogP contribution in [0.3, 0.4) is 0 Å². The van der Waals surface area contributed by atoms with Crippen molar-refractivity contribution >= 4 is 11.8 Å². The van der Waals surface area contributed by atoms with E-state index in [1.807, 2.05) is 36.7 Å². The first-order valence-corrected chi connectivity index (χ1v) is 5.64. The fourth-order valence-electron chi connectivity index (χ4n) is 1.14. The number of rotatable bonds is 3. The van der Waals surface area contributed by atoms with Crippen molar-refractivity contribution in [2.45, 2.75) is 17.8 Å². The Morgan fingerprint density at radius 2 is 2.20 bits per heavy atom. The van der Waals surface area contributed by atoms with E-state index in [9.17, 15) is 0 Å². The zero-order valence-electron chi connectivity index (χ0n) is 8.71. The largest absolute Gasteiger partial charge is 0.309 e. The van der Waals surface area contributed by atoms with E-state index in [4.69, 9.17) is 0 Å². The molecule has 0 saturated heterocycles. The van der Waals surface area contributed by atoms with Crippen LogP contribution in [0.15, 0.2) is 29.6 Å². The van der Waals surface area contributed by atoms with Gasteiger partial charge in [-0.2, -0.15) is 0 Å². The Hall–Kier alpha value is -1.36. The third-order valence-electron chi connectivity index (χ3n) is 2.13. The maximum atomic E-state index is 4.25. The first-order chi connectivity index (χ1) is 7.27. The van der Waals surface area contributed by atoms with Crippen LogP contribution in [0.2, 0.25) is 0 Å². The minimum Gasteiger partial charge on any atom is -0.309 e. The molecule has 2 heterocycles. The fraction of sp³-hybridized carbons (Fsp3) is 0.300. The highest BCUT2D eigenvalue weighted by atomic mass is 32.2. The van der Waals surface area contributed by atoms with Gasteiger partial charge in [0.25, 0.3) is 0 Å². The lowest BCUT2D eigenvalue weighted by Gasteiger charge is -2.00. The highest BCUT2D eigenvalue weighted by molar-refractivity contribution is 7.98. The van der Waals surface area contributed by atoms with Crippen molar-refractivity contribution in [3.05, 3.63) is 35.9 Å². The predicted octanol–water partition coefficient (Wildman–Crippen LogP) is 1.81. The van der Waals surface area contributed by atoms with Gasteiger partial charge in [-0.1, -0.05) is 17.8 Å². The smallest absolute Gasteiger partial charge is 0.191 e. The number of nitrogens with zero attached hydrogens (tertiary/aromatic N) is 4. The Balaban J connectivity index is 2.02. The van der Waals surface area contributed by atoms with Gasteiger partial charge in [0, 0.05) is 19.0 Å². The summed E-state index contributed by atoms with van der Waals surface area (Å²) in [4.78, 5) is 4.25. The molecule has 0 fully saturated rings. The number of aryl methyl sites for hydroxylation is 1. The lowest BCUT2D eigenvalue weighted by Crippen LogP contribution is -1.94. The number of thioether (sulfide) groups is 1. The molecule has 0 saturated carbocycles. The molecule has 0 aliphatic heterocycles. The second kappa shape index (κ2) is 4.44. The molecular weight excluding hydrogens is 208 g/mol. The van der Waals surface area contributed by atoms with Crippen molar-refractivity contribution in [1.29, 1.82) is 0 Å². The van der Waals surface area contributed by atoms with Crippen LogP contribution in [0, 0.1) is 6.92 Å². The van der Waals surface area contributed by atoms with Crippen LogP contribution in [0.25, 0.3) is 0 Å². The Labute approximate surface area is 92.8 Å². The van der Waals surface area contributed by atoms with Crippen LogP contribution < -0.4 is 0 Å². The Morgan fingerprint density at radius 3 is 2.80 bits per heavy atom. The number of hydrogen-bond acceptors (Lipinski definition) is 4. The number of pyridine rings is 1. The molecule has 0 aliphatic rings. The summed E-state index contributed by atoms with van der Waals surface area (Å²) in [5.74, 6) is 1.76. The normalized spacial score (nSPS) is 10.5. The lowest BCUT2D eigenvalue weighted by molar-refractivity contribution is 0.765. The maximum Gasteiger partial charge on any atom is 0.191 e. The first-order valence-electron chi connectivity index (χ1n) is 4.66. The van der Waals surface area contributed by atoms with E-state index in [1.54, 1.807) is 18.0 Å². The first kappa shape index (κ1) is 10.2. The molecule has 78 valence electrons. The van der Waals surface area contributed by atoms with Gasteiger partial charge in [0.05, 0.1) is 5.69 Å². The van der Waals surface area contributed by atoms with Crippen LogP contribution in [0.4, 0.5) is 0 Å². The van der Waals surface area contributed by atoms with E-state index >= 15 is 0 Å². The Morgan fingerprint density at radius 1 is 1.33 bits per heavy atom. The van der Waals surface area contributed by atoms with Crippen LogP contribution in [0.1, 0.15) is 11.5 Å². The summed E-state index contributed by atoms with van der Waals surface area (Å²) in [6.07, 6.45) is 1.80. The molecule has 0 unspecified atom stereocenters. The molecule has 0 aliphatic carbocycles. The number of hydrogen-bond donors (Lipinski definition) is 0. The van der Waals surface area contributed by atoms with E-state index in [1.165, 1.54) is 0 Å². The van der Waals surface area contributed by atoms with Gasteiger partial charge in [-0.15, -0.1) is 10.2 Å². The SMILES string of the molecule is Cc1nnc(SCc2ccccn2)n1C. The third kappa shape index (κ3) is 2.36. The highest BCUT2D eigenvalue weighted by Crippen LogP contribution is 2.19. The van der Waals surface area contributed by atoms with Crippen LogP contribution in [-0.4, -0.2) is 19.7 Å². The molecular formula is C10H12N4S. The molecule has 2 aromatic heterocycles. The second-order valence-corrected chi connectivity index (χ2v) is 4.14. The zero-order chi connectivity index (χ0) is 10.7. The van der Waals surface area contributed by atoms with Crippen LogP contribution in [0.5, 0.6) is 0 Å². The van der Waals surface area contributed by atoms with Crippen molar-refractivity contribution in [3.63, 3.8) is 0 Å². The van der Waals surface area contributed by atoms with Gasteiger partial charge in [-0.05, 0) is 19.1 Å². The molecule has 15 heavy (non-hydrogen) atoms. The van der Waals surface area contributed by atoms with Gasteiger partial charge in [0.15, 0.2) is 5.16 Å². The van der Waals surface area contributed by atoms with E-state index in [0.29, 0.717) is 0 Å². The molecule has 0 aromatic carbocycles. The molecule has 5 heteroatoms. The molecule has 0 amide bonds. The standard InChI is InChI=1S/C10H12N4S/c1-8-12-13-10(14(8)2)15-7-9-5-3-4-6-11-9/h3-6H,7H2,1-2H3. The molecule has 0 atom stereocenters. The molecule has 0 bridgehead atoms. The van der Waals surface area contributed by atoms with E-state index in [-0.39, 0.29) is 0 Å². The summed E-state index contributed by atoms with van der Waals surface area (Å²) in [6, 6.07) is 5.92. The van der Waals surface area contributed by atoms with Crippen LogP contribution in [-0.2, 0) is 12.8 Å². The van der Waals surface area contributed by atoms with Crippen molar-refractivity contribution in [1.82, 2.24) is 19.7 Å². The summed E-state index contributed by atoms with van der Waals surface area (Å²) >= 11 is 1.65.